The zero-order valence-electron chi connectivity index (χ0n) is 23.6. The van der Waals surface area contributed by atoms with E-state index in [0.29, 0.717) is 10.4 Å². The number of nitrogens with zero attached hydrogens (tertiary/aromatic N) is 2. The van der Waals surface area contributed by atoms with E-state index >= 15 is 0 Å². The molecular weight excluding hydrogens is 664 g/mol. The Hall–Kier alpha value is -2.91. The van der Waals surface area contributed by atoms with Crippen LogP contribution in [-0.4, -0.2) is 87.4 Å². The molecule has 0 saturated carbocycles. The van der Waals surface area contributed by atoms with Gasteiger partial charge in [0.25, 0.3) is 0 Å². The molecule has 20 heteroatoms. The fourth-order valence-corrected chi connectivity index (χ4v) is 11.9. The van der Waals surface area contributed by atoms with E-state index in [1.807, 2.05) is 0 Å². The van der Waals surface area contributed by atoms with E-state index in [0.717, 1.165) is 0 Å². The SMILES string of the molecule is C[Si](C)(CCCN(C(=O)C(F)(F)F)C(=O)C(F)(F)F)c1ccccc1[Si](C)(C)CCCN(C(=O)C(F)(F)F)C(=O)C(F)(F)F. The lowest BCUT2D eigenvalue weighted by Gasteiger charge is -2.33. The van der Waals surface area contributed by atoms with Crippen molar-refractivity contribution >= 4 is 50.1 Å². The minimum absolute atomic E-state index is 0.0186. The quantitative estimate of drug-likeness (QED) is 0.248. The van der Waals surface area contributed by atoms with Crippen molar-refractivity contribution in [3.8, 4) is 0 Å². The Morgan fingerprint density at radius 3 is 0.955 bits per heavy atom. The Labute approximate surface area is 245 Å². The first-order valence-corrected chi connectivity index (χ1v) is 19.1. The van der Waals surface area contributed by atoms with Gasteiger partial charge in [-0.25, -0.2) is 0 Å². The Bertz CT molecular complexity index is 1080. The summed E-state index contributed by atoms with van der Waals surface area (Å²) in [6.07, 6.45) is -23.9. The summed E-state index contributed by atoms with van der Waals surface area (Å²) >= 11 is 0. The van der Waals surface area contributed by atoms with Gasteiger partial charge < -0.3 is 0 Å². The predicted octanol–water partition coefficient (Wildman–Crippen LogP) is 5.26. The molecule has 1 rings (SSSR count). The Kier molecular flexibility index (Phi) is 12.1. The van der Waals surface area contributed by atoms with E-state index in [1.165, 1.54) is 0 Å². The highest BCUT2D eigenvalue weighted by molar-refractivity contribution is 6.99. The maximum Gasteiger partial charge on any atom is 0.471 e. The van der Waals surface area contributed by atoms with Gasteiger partial charge in [0.1, 0.15) is 0 Å². The maximum absolute atomic E-state index is 12.9. The summed E-state index contributed by atoms with van der Waals surface area (Å²) in [6.45, 7) is 4.42. The summed E-state index contributed by atoms with van der Waals surface area (Å²) in [5, 5.41) is 1.28. The Morgan fingerprint density at radius 2 is 0.750 bits per heavy atom. The number of halogens is 12. The van der Waals surface area contributed by atoms with Crippen molar-refractivity contribution in [1.82, 2.24) is 9.80 Å². The van der Waals surface area contributed by atoms with Gasteiger partial charge in [-0.05, 0) is 12.8 Å². The van der Waals surface area contributed by atoms with E-state index in [2.05, 4.69) is 0 Å². The van der Waals surface area contributed by atoms with Crippen molar-refractivity contribution in [2.45, 2.75) is 75.8 Å². The molecule has 0 atom stereocenters. The van der Waals surface area contributed by atoms with E-state index in [-0.39, 0.29) is 12.1 Å². The lowest BCUT2D eigenvalue weighted by Crippen LogP contribution is -2.59. The Balaban J connectivity index is 3.20. The molecular formula is C24H28F12N2O4Si2. The molecule has 4 amide bonds. The van der Waals surface area contributed by atoms with Crippen LogP contribution in [0.5, 0.6) is 0 Å². The third-order valence-corrected chi connectivity index (χ3v) is 13.9. The van der Waals surface area contributed by atoms with Crippen LogP contribution in [0.2, 0.25) is 38.3 Å². The van der Waals surface area contributed by atoms with Crippen molar-refractivity contribution in [3.63, 3.8) is 0 Å². The highest BCUT2D eigenvalue weighted by Crippen LogP contribution is 2.27. The number of carbonyl (C=O) groups excluding carboxylic acids is 4. The lowest BCUT2D eigenvalue weighted by atomic mass is 10.3. The summed E-state index contributed by atoms with van der Waals surface area (Å²) in [6, 6.07) is 6.38. The molecule has 0 radical (unpaired) electrons. The van der Waals surface area contributed by atoms with Gasteiger partial charge in [0.2, 0.25) is 0 Å². The predicted molar refractivity (Wildman–Crippen MR) is 137 cm³/mol. The maximum atomic E-state index is 12.9. The molecule has 0 heterocycles. The monoisotopic (exact) mass is 692 g/mol. The van der Waals surface area contributed by atoms with E-state index in [4.69, 9.17) is 0 Å². The minimum atomic E-state index is -5.75. The molecule has 6 nitrogen and oxygen atoms in total. The summed E-state index contributed by atoms with van der Waals surface area (Å²) in [5.41, 5.74) is 0. The Morgan fingerprint density at radius 1 is 0.523 bits per heavy atom. The second kappa shape index (κ2) is 13.6. The minimum Gasteiger partial charge on any atom is -0.267 e. The topological polar surface area (TPSA) is 74.8 Å². The van der Waals surface area contributed by atoms with E-state index in [1.54, 1.807) is 50.5 Å². The highest BCUT2D eigenvalue weighted by Gasteiger charge is 2.53. The molecule has 0 fully saturated rings. The summed E-state index contributed by atoms with van der Waals surface area (Å²) in [5.74, 6) is -11.9. The number of amides is 4. The van der Waals surface area contributed by atoms with Gasteiger partial charge >= 0.3 is 48.3 Å². The van der Waals surface area contributed by atoms with Gasteiger partial charge in [-0.2, -0.15) is 52.7 Å². The number of benzene rings is 1. The molecule has 250 valence electrons. The normalized spacial score (nSPS) is 13.5. The fraction of sp³-hybridized carbons (Fsp3) is 0.583. The van der Waals surface area contributed by atoms with Gasteiger partial charge in [-0.1, -0.05) is 72.9 Å². The molecule has 0 saturated heterocycles. The van der Waals surface area contributed by atoms with Crippen molar-refractivity contribution in [3.05, 3.63) is 24.3 Å². The van der Waals surface area contributed by atoms with Gasteiger partial charge in [-0.3, -0.25) is 29.0 Å². The summed E-state index contributed by atoms with van der Waals surface area (Å²) in [4.78, 5) is 44.3. The largest absolute Gasteiger partial charge is 0.471 e. The molecule has 44 heavy (non-hydrogen) atoms. The average Bonchev–Trinajstić information content (AvgIpc) is 2.85. The molecule has 0 unspecified atom stereocenters. The van der Waals surface area contributed by atoms with Gasteiger partial charge in [-0.15, -0.1) is 0 Å². The van der Waals surface area contributed by atoms with Crippen molar-refractivity contribution in [2.24, 2.45) is 0 Å². The molecule has 1 aromatic rings. The number of hydrogen-bond acceptors (Lipinski definition) is 4. The third kappa shape index (κ3) is 10.3. The third-order valence-electron chi connectivity index (χ3n) is 6.70. The number of alkyl halides is 12. The highest BCUT2D eigenvalue weighted by atomic mass is 28.3. The van der Waals surface area contributed by atoms with Crippen LogP contribution in [0.15, 0.2) is 24.3 Å². The van der Waals surface area contributed by atoms with Crippen LogP contribution in [0.3, 0.4) is 0 Å². The van der Waals surface area contributed by atoms with Crippen LogP contribution in [0.1, 0.15) is 12.8 Å². The number of hydrogen-bond donors (Lipinski definition) is 0. The standard InChI is InChI=1S/C24H28F12N2O4Si2/c1-43(2,13-7-11-37(17(39)21(25,26)27)18(40)22(28,29)30)15-9-5-6-10-16(15)44(3,4)14-8-12-38(19(41)23(31,32)33)20(42)24(34,35)36/h5-6,9-10H,7-8,11-14H2,1-4H3. The van der Waals surface area contributed by atoms with Crippen LogP contribution in [0, 0.1) is 0 Å². The molecule has 0 aromatic heterocycles. The van der Waals surface area contributed by atoms with Crippen LogP contribution in [0.25, 0.3) is 0 Å². The second-order valence-electron chi connectivity index (χ2n) is 11.0. The zero-order chi connectivity index (χ0) is 34.7. The van der Waals surface area contributed by atoms with Crippen molar-refractivity contribution in [1.29, 1.82) is 0 Å². The molecule has 0 N–H and O–H groups in total. The van der Waals surface area contributed by atoms with Crippen molar-refractivity contribution in [2.75, 3.05) is 13.1 Å². The van der Waals surface area contributed by atoms with Crippen LogP contribution >= 0.6 is 0 Å². The first-order chi connectivity index (χ1) is 19.5. The molecule has 0 aliphatic rings. The van der Waals surface area contributed by atoms with Crippen molar-refractivity contribution < 1.29 is 71.9 Å². The second-order valence-corrected chi connectivity index (χ2v) is 20.6. The lowest BCUT2D eigenvalue weighted by molar-refractivity contribution is -0.204. The summed E-state index contributed by atoms with van der Waals surface area (Å²) in [7, 11) is -5.60. The smallest absolute Gasteiger partial charge is 0.267 e. The first-order valence-electron chi connectivity index (χ1n) is 12.6. The van der Waals surface area contributed by atoms with Gasteiger partial charge in [0, 0.05) is 13.1 Å². The zero-order valence-corrected chi connectivity index (χ0v) is 25.6. The van der Waals surface area contributed by atoms with Crippen LogP contribution in [-0.2, 0) is 19.2 Å². The number of rotatable bonds is 10. The number of imide groups is 2. The first kappa shape index (κ1) is 39.1. The number of carbonyl (C=O) groups is 4. The van der Waals surface area contributed by atoms with Gasteiger partial charge in [0.15, 0.2) is 0 Å². The fourth-order valence-electron chi connectivity index (χ4n) is 4.49. The van der Waals surface area contributed by atoms with Gasteiger partial charge in [0.05, 0.1) is 16.1 Å². The van der Waals surface area contributed by atoms with Crippen LogP contribution in [0.4, 0.5) is 52.7 Å². The van der Waals surface area contributed by atoms with Crippen LogP contribution < -0.4 is 10.4 Å². The summed E-state index contributed by atoms with van der Waals surface area (Å²) < 4.78 is 154. The molecule has 0 spiro atoms. The average molecular weight is 693 g/mol. The molecule has 0 bridgehead atoms. The molecule has 0 aliphatic heterocycles. The molecule has 1 aromatic carbocycles. The van der Waals surface area contributed by atoms with E-state index in [9.17, 15) is 71.9 Å². The molecule has 0 aliphatic carbocycles. The van der Waals surface area contributed by atoms with E-state index < -0.39 is 100 Å².